The fourth-order valence-electron chi connectivity index (χ4n) is 4.63. The number of nitrogens with zero attached hydrogens (tertiary/aromatic N) is 2. The molecular weight excluding hydrogens is 406 g/mol. The zero-order valence-corrected chi connectivity index (χ0v) is 17.0. The monoisotopic (exact) mass is 425 g/mol. The molecule has 0 spiro atoms. The number of nitrogens with one attached hydrogen (secondary N) is 1. The molecule has 30 heavy (non-hydrogen) atoms. The van der Waals surface area contributed by atoms with Gasteiger partial charge in [-0.3, -0.25) is 14.6 Å². The van der Waals surface area contributed by atoms with Crippen molar-refractivity contribution in [1.82, 2.24) is 14.8 Å². The molecule has 1 aromatic heterocycles. The van der Waals surface area contributed by atoms with E-state index in [0.717, 1.165) is 27.7 Å². The van der Waals surface area contributed by atoms with Crippen molar-refractivity contribution in [3.05, 3.63) is 59.3 Å². The molecule has 2 aliphatic rings. The summed E-state index contributed by atoms with van der Waals surface area (Å²) in [5.41, 5.74) is 3.60. The fraction of sp³-hybridized carbons (Fsp3) is 0.273. The number of carbonyl (C=O) groups excluding carboxylic acids is 2. The molecule has 0 saturated carbocycles. The highest BCUT2D eigenvalue weighted by atomic mass is 35.5. The van der Waals surface area contributed by atoms with Crippen LogP contribution in [0.4, 0.5) is 4.79 Å². The van der Waals surface area contributed by atoms with Crippen molar-refractivity contribution in [2.45, 2.75) is 18.5 Å². The molecule has 2 aliphatic heterocycles. The number of fused-ring (bicyclic) bond motifs is 4. The first-order valence-electron chi connectivity index (χ1n) is 9.71. The lowest BCUT2D eigenvalue weighted by molar-refractivity contribution is -0.128. The molecule has 1 fully saturated rings. The number of halogens is 1. The van der Waals surface area contributed by atoms with E-state index < -0.39 is 12.1 Å². The second kappa shape index (κ2) is 6.95. The predicted molar refractivity (Wildman–Crippen MR) is 112 cm³/mol. The molecule has 3 aromatic rings. The first kappa shape index (κ1) is 18.8. The number of aromatic hydroxyl groups is 1. The number of aromatic amines is 1. The minimum Gasteiger partial charge on any atom is -0.504 e. The molecule has 1 saturated heterocycles. The standard InChI is InChI=1S/C22H20ClN3O4/c1-30-18-10-12(6-7-17(18)27)20-19-14(13-4-2-3-5-15(13)24-19)11-16-21(28)25(9-8-23)22(29)26(16)20/h2-7,10,16,20,24,27H,8-9,11H2,1H3/t16-,20+/m0/s1. The number of phenols is 1. The number of urea groups is 1. The molecule has 0 bridgehead atoms. The van der Waals surface area contributed by atoms with Crippen molar-refractivity contribution >= 4 is 34.4 Å². The Kier molecular flexibility index (Phi) is 4.36. The number of phenolic OH excluding ortho intramolecular Hbond substituents is 1. The summed E-state index contributed by atoms with van der Waals surface area (Å²) in [6, 6.07) is 11.4. The van der Waals surface area contributed by atoms with E-state index in [4.69, 9.17) is 16.3 Å². The smallest absolute Gasteiger partial charge is 0.328 e. The summed E-state index contributed by atoms with van der Waals surface area (Å²) in [6.07, 6.45) is 0.439. The third kappa shape index (κ3) is 2.58. The maximum absolute atomic E-state index is 13.2. The number of hydrogen-bond acceptors (Lipinski definition) is 4. The minimum absolute atomic E-state index is 0.0121. The lowest BCUT2D eigenvalue weighted by Crippen LogP contribution is -2.44. The Hall–Kier alpha value is -3.19. The molecule has 2 atom stereocenters. The normalized spacial score (nSPS) is 20.6. The van der Waals surface area contributed by atoms with Crippen LogP contribution in [-0.2, 0) is 11.2 Å². The minimum atomic E-state index is -0.600. The van der Waals surface area contributed by atoms with E-state index in [0.29, 0.717) is 12.2 Å². The van der Waals surface area contributed by atoms with Gasteiger partial charge in [0, 0.05) is 35.4 Å². The topological polar surface area (TPSA) is 85.9 Å². The van der Waals surface area contributed by atoms with Gasteiger partial charge in [-0.25, -0.2) is 4.79 Å². The summed E-state index contributed by atoms with van der Waals surface area (Å²) < 4.78 is 5.28. The molecule has 0 radical (unpaired) electrons. The first-order valence-corrected chi connectivity index (χ1v) is 10.2. The van der Waals surface area contributed by atoms with Crippen molar-refractivity contribution in [1.29, 1.82) is 0 Å². The average molecular weight is 426 g/mol. The average Bonchev–Trinajstić information content (AvgIpc) is 3.24. The van der Waals surface area contributed by atoms with Gasteiger partial charge >= 0.3 is 6.03 Å². The molecule has 0 unspecified atom stereocenters. The maximum Gasteiger partial charge on any atom is 0.328 e. The Morgan fingerprint density at radius 2 is 2.03 bits per heavy atom. The van der Waals surface area contributed by atoms with Crippen LogP contribution >= 0.6 is 11.6 Å². The van der Waals surface area contributed by atoms with Crippen LogP contribution in [0, 0.1) is 0 Å². The number of para-hydroxylation sites is 1. The van der Waals surface area contributed by atoms with E-state index in [1.807, 2.05) is 24.3 Å². The molecule has 154 valence electrons. The van der Waals surface area contributed by atoms with Crippen LogP contribution in [0.5, 0.6) is 11.5 Å². The third-order valence-electron chi connectivity index (χ3n) is 5.96. The first-order chi connectivity index (χ1) is 14.5. The predicted octanol–water partition coefficient (Wildman–Crippen LogP) is 3.40. The number of H-pyrrole nitrogens is 1. The highest BCUT2D eigenvalue weighted by molar-refractivity contribution is 6.18. The Balaban J connectivity index is 1.73. The van der Waals surface area contributed by atoms with E-state index in [9.17, 15) is 14.7 Å². The van der Waals surface area contributed by atoms with Crippen LogP contribution in [-0.4, -0.2) is 57.4 Å². The van der Waals surface area contributed by atoms with Crippen LogP contribution in [0.25, 0.3) is 10.9 Å². The van der Waals surface area contributed by atoms with Crippen molar-refractivity contribution in [3.63, 3.8) is 0 Å². The van der Waals surface area contributed by atoms with Gasteiger partial charge in [0.15, 0.2) is 11.5 Å². The zero-order chi connectivity index (χ0) is 21.0. The van der Waals surface area contributed by atoms with E-state index in [1.165, 1.54) is 12.0 Å². The van der Waals surface area contributed by atoms with Crippen LogP contribution in [0.15, 0.2) is 42.5 Å². The van der Waals surface area contributed by atoms with Gasteiger partial charge in [0.1, 0.15) is 12.1 Å². The number of carbonyl (C=O) groups is 2. The SMILES string of the molecule is COc1cc([C@@H]2c3[nH]c4ccccc4c3C[C@H]3C(=O)N(CCCl)C(=O)N23)ccc1O. The van der Waals surface area contributed by atoms with Crippen LogP contribution in [0.2, 0.25) is 0 Å². The molecule has 2 aromatic carbocycles. The molecule has 3 heterocycles. The van der Waals surface area contributed by atoms with Crippen molar-refractivity contribution in [2.75, 3.05) is 19.5 Å². The molecule has 8 heteroatoms. The number of hydrogen-bond donors (Lipinski definition) is 2. The number of amides is 3. The molecule has 3 amide bonds. The van der Waals surface area contributed by atoms with Crippen molar-refractivity contribution in [2.24, 2.45) is 0 Å². The lowest BCUT2D eigenvalue weighted by Gasteiger charge is -2.36. The van der Waals surface area contributed by atoms with Gasteiger partial charge in [0.05, 0.1) is 7.11 Å². The number of methoxy groups -OCH3 is 1. The van der Waals surface area contributed by atoms with Crippen molar-refractivity contribution < 1.29 is 19.4 Å². The number of rotatable bonds is 4. The van der Waals surface area contributed by atoms with Crippen LogP contribution < -0.4 is 4.74 Å². The summed E-state index contributed by atoms with van der Waals surface area (Å²) in [5.74, 6) is 0.275. The summed E-state index contributed by atoms with van der Waals surface area (Å²) >= 11 is 5.85. The van der Waals surface area contributed by atoms with Gasteiger partial charge in [-0.15, -0.1) is 11.6 Å². The Morgan fingerprint density at radius 3 is 2.80 bits per heavy atom. The fourth-order valence-corrected chi connectivity index (χ4v) is 4.80. The summed E-state index contributed by atoms with van der Waals surface area (Å²) in [5, 5.41) is 11.1. The second-order valence-corrected chi connectivity index (χ2v) is 7.86. The lowest BCUT2D eigenvalue weighted by atomic mass is 9.88. The van der Waals surface area contributed by atoms with Crippen molar-refractivity contribution in [3.8, 4) is 11.5 Å². The van der Waals surface area contributed by atoms with Crippen LogP contribution in [0.1, 0.15) is 22.9 Å². The van der Waals surface area contributed by atoms with Gasteiger partial charge in [0.2, 0.25) is 0 Å². The number of imide groups is 1. The molecule has 7 nitrogen and oxygen atoms in total. The number of alkyl halides is 1. The Labute approximate surface area is 177 Å². The van der Waals surface area contributed by atoms with E-state index in [1.54, 1.807) is 23.1 Å². The quantitative estimate of drug-likeness (QED) is 0.495. The van der Waals surface area contributed by atoms with Gasteiger partial charge < -0.3 is 14.8 Å². The summed E-state index contributed by atoms with van der Waals surface area (Å²) in [7, 11) is 1.48. The summed E-state index contributed by atoms with van der Waals surface area (Å²) in [6.45, 7) is 0.173. The molecule has 0 aliphatic carbocycles. The van der Waals surface area contributed by atoms with E-state index in [-0.39, 0.29) is 30.1 Å². The van der Waals surface area contributed by atoms with Gasteiger partial charge in [-0.05, 0) is 29.3 Å². The van der Waals surface area contributed by atoms with Gasteiger partial charge in [0.25, 0.3) is 5.91 Å². The Morgan fingerprint density at radius 1 is 1.23 bits per heavy atom. The van der Waals surface area contributed by atoms with Gasteiger partial charge in [-0.2, -0.15) is 0 Å². The highest BCUT2D eigenvalue weighted by Crippen LogP contribution is 2.45. The number of benzene rings is 2. The summed E-state index contributed by atoms with van der Waals surface area (Å²) in [4.78, 5) is 32.7. The molecular formula is C22H20ClN3O4. The largest absolute Gasteiger partial charge is 0.504 e. The number of aromatic nitrogens is 1. The van der Waals surface area contributed by atoms with E-state index in [2.05, 4.69) is 4.98 Å². The molecule has 5 rings (SSSR count). The number of ether oxygens (including phenoxy) is 1. The van der Waals surface area contributed by atoms with E-state index >= 15 is 0 Å². The van der Waals surface area contributed by atoms with Gasteiger partial charge in [-0.1, -0.05) is 24.3 Å². The zero-order valence-electron chi connectivity index (χ0n) is 16.3. The molecule has 2 N–H and O–H groups in total. The third-order valence-corrected chi connectivity index (χ3v) is 6.13. The Bertz CT molecular complexity index is 1170. The second-order valence-electron chi connectivity index (χ2n) is 7.49. The van der Waals surface area contributed by atoms with Crippen LogP contribution in [0.3, 0.4) is 0 Å². The maximum atomic E-state index is 13.2. The highest BCUT2D eigenvalue weighted by Gasteiger charge is 2.52.